The van der Waals surface area contributed by atoms with Crippen LogP contribution in [0.3, 0.4) is 0 Å². The van der Waals surface area contributed by atoms with Gasteiger partial charge >= 0.3 is 5.97 Å². The van der Waals surface area contributed by atoms with E-state index in [1.165, 1.54) is 0 Å². The zero-order valence-electron chi connectivity index (χ0n) is 5.13. The molecule has 1 saturated heterocycles. The van der Waals surface area contributed by atoms with Crippen LogP contribution in [0.2, 0.25) is 0 Å². The molecule has 0 saturated carbocycles. The molecule has 0 bridgehead atoms. The van der Waals surface area contributed by atoms with Crippen LogP contribution in [0.4, 0.5) is 0 Å². The molecule has 4 nitrogen and oxygen atoms in total. The first-order valence-electron chi connectivity index (χ1n) is 2.82. The summed E-state index contributed by atoms with van der Waals surface area (Å²) in [6.45, 7) is 2.45. The summed E-state index contributed by atoms with van der Waals surface area (Å²) in [5, 5.41) is 11.0. The topological polar surface area (TPSA) is 58.6 Å². The van der Waals surface area contributed by atoms with E-state index in [2.05, 4.69) is 5.32 Å². The number of carboxylic acids is 1. The molecule has 0 aliphatic carbocycles. The molecule has 1 heterocycles. The fraction of sp³-hybridized carbons (Fsp3) is 0.800. The molecule has 1 rings (SSSR count). The number of aliphatic carboxylic acids is 1. The third-order valence-corrected chi connectivity index (χ3v) is 1.18. The number of ether oxygens (including phenoxy) is 1. The van der Waals surface area contributed by atoms with Crippen LogP contribution in [0.5, 0.6) is 0 Å². The monoisotopic (exact) mass is 131 g/mol. The SMILES string of the molecule is CC1CNC(C(=O)O)O1. The number of hydrogen-bond donors (Lipinski definition) is 2. The molecule has 0 aromatic rings. The maximum atomic E-state index is 10.2. The van der Waals surface area contributed by atoms with Crippen molar-refractivity contribution >= 4 is 5.97 Å². The molecule has 0 aromatic heterocycles. The highest BCUT2D eigenvalue weighted by Crippen LogP contribution is 2.02. The van der Waals surface area contributed by atoms with Gasteiger partial charge in [-0.25, -0.2) is 4.79 Å². The van der Waals surface area contributed by atoms with Gasteiger partial charge in [-0.3, -0.25) is 5.32 Å². The molecule has 0 radical (unpaired) electrons. The standard InChI is InChI=1S/C5H9NO3/c1-3-2-6-4(9-3)5(7)8/h3-4,6H,2H2,1H3,(H,7,8). The first kappa shape index (κ1) is 6.51. The molecule has 2 N–H and O–H groups in total. The molecule has 9 heavy (non-hydrogen) atoms. The average molecular weight is 131 g/mol. The number of nitrogens with one attached hydrogen (secondary N) is 1. The van der Waals surface area contributed by atoms with Gasteiger partial charge in [0.2, 0.25) is 6.23 Å². The maximum absolute atomic E-state index is 10.2. The molecule has 2 atom stereocenters. The fourth-order valence-corrected chi connectivity index (χ4v) is 0.747. The van der Waals surface area contributed by atoms with Gasteiger partial charge in [0.1, 0.15) is 0 Å². The van der Waals surface area contributed by atoms with E-state index >= 15 is 0 Å². The van der Waals surface area contributed by atoms with Gasteiger partial charge in [-0.1, -0.05) is 0 Å². The van der Waals surface area contributed by atoms with Crippen molar-refractivity contribution in [3.05, 3.63) is 0 Å². The molecular weight excluding hydrogens is 122 g/mol. The van der Waals surface area contributed by atoms with Crippen LogP contribution in [-0.4, -0.2) is 30.0 Å². The van der Waals surface area contributed by atoms with Crippen molar-refractivity contribution in [3.8, 4) is 0 Å². The summed E-state index contributed by atoms with van der Waals surface area (Å²) in [6, 6.07) is 0. The Hall–Kier alpha value is -0.610. The summed E-state index contributed by atoms with van der Waals surface area (Å²) in [7, 11) is 0. The Morgan fingerprint density at radius 2 is 2.56 bits per heavy atom. The third-order valence-electron chi connectivity index (χ3n) is 1.18. The molecule has 2 unspecified atom stereocenters. The van der Waals surface area contributed by atoms with E-state index in [1.807, 2.05) is 6.92 Å². The normalized spacial score (nSPS) is 34.8. The summed E-state index contributed by atoms with van der Waals surface area (Å²) >= 11 is 0. The maximum Gasteiger partial charge on any atom is 0.348 e. The first-order valence-corrected chi connectivity index (χ1v) is 2.82. The highest BCUT2D eigenvalue weighted by molar-refractivity contribution is 5.72. The number of hydrogen-bond acceptors (Lipinski definition) is 3. The summed E-state index contributed by atoms with van der Waals surface area (Å²) < 4.78 is 4.91. The molecular formula is C5H9NO3. The predicted molar refractivity (Wildman–Crippen MR) is 30.0 cm³/mol. The van der Waals surface area contributed by atoms with Crippen LogP contribution < -0.4 is 5.32 Å². The van der Waals surface area contributed by atoms with Gasteiger partial charge in [0.15, 0.2) is 0 Å². The minimum atomic E-state index is -0.945. The summed E-state index contributed by atoms with van der Waals surface area (Å²) in [5.41, 5.74) is 0. The second-order valence-electron chi connectivity index (χ2n) is 2.07. The van der Waals surface area contributed by atoms with E-state index in [0.717, 1.165) is 0 Å². The molecule has 1 fully saturated rings. The second-order valence-corrected chi connectivity index (χ2v) is 2.07. The van der Waals surface area contributed by atoms with Gasteiger partial charge in [-0.2, -0.15) is 0 Å². The number of carboxylic acid groups (broad SMARTS) is 1. The minimum Gasteiger partial charge on any atom is -0.478 e. The van der Waals surface area contributed by atoms with E-state index in [4.69, 9.17) is 9.84 Å². The Labute approximate surface area is 52.8 Å². The van der Waals surface area contributed by atoms with Gasteiger partial charge in [0.05, 0.1) is 6.10 Å². The quantitative estimate of drug-likeness (QED) is 0.499. The Morgan fingerprint density at radius 1 is 1.89 bits per heavy atom. The van der Waals surface area contributed by atoms with Crippen LogP contribution >= 0.6 is 0 Å². The average Bonchev–Trinajstić information content (AvgIpc) is 2.14. The van der Waals surface area contributed by atoms with Crippen molar-refractivity contribution in [1.82, 2.24) is 5.32 Å². The van der Waals surface area contributed by atoms with Crippen LogP contribution in [0.1, 0.15) is 6.92 Å². The van der Waals surface area contributed by atoms with E-state index < -0.39 is 12.2 Å². The van der Waals surface area contributed by atoms with E-state index in [0.29, 0.717) is 6.54 Å². The van der Waals surface area contributed by atoms with Crippen LogP contribution in [0.15, 0.2) is 0 Å². The molecule has 0 aromatic carbocycles. The number of rotatable bonds is 1. The second kappa shape index (κ2) is 2.33. The van der Waals surface area contributed by atoms with Crippen molar-refractivity contribution in [2.24, 2.45) is 0 Å². The van der Waals surface area contributed by atoms with E-state index in [1.54, 1.807) is 0 Å². The fourth-order valence-electron chi connectivity index (χ4n) is 0.747. The van der Waals surface area contributed by atoms with Crippen LogP contribution in [0.25, 0.3) is 0 Å². The van der Waals surface area contributed by atoms with E-state index in [-0.39, 0.29) is 6.10 Å². The molecule has 4 heteroatoms. The summed E-state index contributed by atoms with van der Waals surface area (Å²) in [6.07, 6.45) is -0.772. The van der Waals surface area contributed by atoms with Gasteiger partial charge in [-0.05, 0) is 6.92 Å². The third kappa shape index (κ3) is 1.40. The van der Waals surface area contributed by atoms with Crippen LogP contribution in [0, 0.1) is 0 Å². The Bertz CT molecular complexity index is 125. The van der Waals surface area contributed by atoms with Crippen molar-refractivity contribution in [3.63, 3.8) is 0 Å². The Balaban J connectivity index is 2.39. The predicted octanol–water partition coefficient (Wildman–Crippen LogP) is -0.595. The zero-order chi connectivity index (χ0) is 6.85. The van der Waals surface area contributed by atoms with Crippen molar-refractivity contribution in [1.29, 1.82) is 0 Å². The molecule has 0 spiro atoms. The highest BCUT2D eigenvalue weighted by atomic mass is 16.5. The smallest absolute Gasteiger partial charge is 0.348 e. The largest absolute Gasteiger partial charge is 0.478 e. The van der Waals surface area contributed by atoms with Gasteiger partial charge in [0, 0.05) is 6.54 Å². The lowest BCUT2D eigenvalue weighted by Gasteiger charge is -2.02. The molecule has 0 amide bonds. The molecule has 1 aliphatic rings. The highest BCUT2D eigenvalue weighted by Gasteiger charge is 2.26. The van der Waals surface area contributed by atoms with Crippen molar-refractivity contribution in [2.75, 3.05) is 6.54 Å². The van der Waals surface area contributed by atoms with Crippen molar-refractivity contribution < 1.29 is 14.6 Å². The van der Waals surface area contributed by atoms with Gasteiger partial charge in [0.25, 0.3) is 0 Å². The zero-order valence-corrected chi connectivity index (χ0v) is 5.13. The lowest BCUT2D eigenvalue weighted by atomic mass is 10.4. The van der Waals surface area contributed by atoms with Gasteiger partial charge in [-0.15, -0.1) is 0 Å². The number of carbonyl (C=O) groups is 1. The van der Waals surface area contributed by atoms with Crippen LogP contribution in [-0.2, 0) is 9.53 Å². The Morgan fingerprint density at radius 3 is 2.78 bits per heavy atom. The molecule has 1 aliphatic heterocycles. The molecule has 52 valence electrons. The van der Waals surface area contributed by atoms with Crippen molar-refractivity contribution in [2.45, 2.75) is 19.3 Å². The summed E-state index contributed by atoms with van der Waals surface area (Å²) in [4.78, 5) is 10.2. The lowest BCUT2D eigenvalue weighted by molar-refractivity contribution is -0.150. The lowest BCUT2D eigenvalue weighted by Crippen LogP contribution is -2.31. The first-order chi connectivity index (χ1) is 4.20. The van der Waals surface area contributed by atoms with Gasteiger partial charge < -0.3 is 9.84 Å². The van der Waals surface area contributed by atoms with E-state index in [9.17, 15) is 4.79 Å². The summed E-state index contributed by atoms with van der Waals surface area (Å²) in [5.74, 6) is -0.945. The minimum absolute atomic E-state index is 0.0195. The Kier molecular flexibility index (Phi) is 1.68.